The summed E-state index contributed by atoms with van der Waals surface area (Å²) in [6.07, 6.45) is 8.56. The fraction of sp³-hybridized carbons (Fsp3) is 0.609. The molecule has 0 spiro atoms. The zero-order valence-electron chi connectivity index (χ0n) is 18.4. The highest BCUT2D eigenvalue weighted by Gasteiger charge is 2.22. The van der Waals surface area contributed by atoms with Crippen LogP contribution in [0, 0.1) is 11.3 Å². The third-order valence-electron chi connectivity index (χ3n) is 4.91. The van der Waals surface area contributed by atoms with Gasteiger partial charge in [0.25, 0.3) is 5.56 Å². The Balaban J connectivity index is 0.000000248. The molecule has 0 atom stereocenters. The molecule has 2 aromatic rings. The molecule has 1 aromatic carbocycles. The first-order valence-electron chi connectivity index (χ1n) is 11.0. The molecule has 0 amide bonds. The highest BCUT2D eigenvalue weighted by atomic mass is 16.5. The second-order valence-electron chi connectivity index (χ2n) is 6.52. The molecule has 0 unspecified atom stereocenters. The van der Waals surface area contributed by atoms with Crippen molar-refractivity contribution in [2.24, 2.45) is 0 Å². The van der Waals surface area contributed by atoms with Gasteiger partial charge in [-0.05, 0) is 31.0 Å². The lowest BCUT2D eigenvalue weighted by Crippen LogP contribution is -2.44. The molecule has 1 saturated heterocycles. The molecule has 6 heteroatoms. The van der Waals surface area contributed by atoms with Crippen LogP contribution < -0.4 is 5.56 Å². The largest absolute Gasteiger partial charge is 0.379 e. The summed E-state index contributed by atoms with van der Waals surface area (Å²) in [5.74, 6) is 0. The molecule has 1 aliphatic heterocycles. The second-order valence-corrected chi connectivity index (χ2v) is 6.52. The summed E-state index contributed by atoms with van der Waals surface area (Å²) >= 11 is 0. The number of benzene rings is 1. The van der Waals surface area contributed by atoms with Gasteiger partial charge in [-0.2, -0.15) is 5.26 Å². The lowest BCUT2D eigenvalue weighted by Gasteiger charge is -2.36. The Bertz CT molecular complexity index is 769. The predicted molar refractivity (Wildman–Crippen MR) is 119 cm³/mol. The van der Waals surface area contributed by atoms with Crippen LogP contribution in [-0.2, 0) is 4.74 Å². The van der Waals surface area contributed by atoms with Crippen LogP contribution in [0.2, 0.25) is 0 Å². The Labute approximate surface area is 174 Å². The minimum Gasteiger partial charge on any atom is -0.379 e. The summed E-state index contributed by atoms with van der Waals surface area (Å²) in [5, 5.41) is 9.05. The summed E-state index contributed by atoms with van der Waals surface area (Å²) < 4.78 is 5.35. The average molecular weight is 401 g/mol. The van der Waals surface area contributed by atoms with Crippen molar-refractivity contribution >= 4 is 10.9 Å². The van der Waals surface area contributed by atoms with Crippen molar-refractivity contribution in [2.75, 3.05) is 26.3 Å². The topological polar surface area (TPSA) is 82.0 Å². The average Bonchev–Trinajstić information content (AvgIpc) is 2.83. The third-order valence-corrected chi connectivity index (χ3v) is 4.91. The zero-order valence-corrected chi connectivity index (χ0v) is 18.4. The number of aromatic nitrogens is 2. The van der Waals surface area contributed by atoms with Gasteiger partial charge in [-0.15, -0.1) is 0 Å². The van der Waals surface area contributed by atoms with E-state index in [1.54, 1.807) is 12.1 Å². The summed E-state index contributed by atoms with van der Waals surface area (Å²) in [7, 11) is 0. The number of aromatic amines is 1. The van der Waals surface area contributed by atoms with Gasteiger partial charge in [-0.3, -0.25) is 9.69 Å². The Hall–Kier alpha value is -2.23. The van der Waals surface area contributed by atoms with E-state index in [2.05, 4.69) is 14.9 Å². The van der Waals surface area contributed by atoms with Crippen molar-refractivity contribution in [3.8, 4) is 6.07 Å². The van der Waals surface area contributed by atoms with Gasteiger partial charge in [0.2, 0.25) is 0 Å². The number of ether oxygens (including phenoxy) is 1. The highest BCUT2D eigenvalue weighted by molar-refractivity contribution is 5.78. The van der Waals surface area contributed by atoms with Gasteiger partial charge in [-0.1, -0.05) is 47.0 Å². The van der Waals surface area contributed by atoms with Gasteiger partial charge in [0, 0.05) is 19.1 Å². The molecule has 4 rings (SSSR count). The summed E-state index contributed by atoms with van der Waals surface area (Å²) in [6, 6.07) is 7.68. The molecule has 29 heavy (non-hydrogen) atoms. The van der Waals surface area contributed by atoms with Crippen LogP contribution in [-0.4, -0.2) is 47.2 Å². The lowest BCUT2D eigenvalue weighted by molar-refractivity contribution is 0.00858. The molecule has 0 radical (unpaired) electrons. The Kier molecular flexibility index (Phi) is 12.6. The number of H-pyrrole nitrogens is 1. The Morgan fingerprint density at radius 3 is 2.38 bits per heavy atom. The lowest BCUT2D eigenvalue weighted by atomic mass is 9.94. The van der Waals surface area contributed by atoms with Gasteiger partial charge in [0.15, 0.2) is 0 Å². The predicted octanol–water partition coefficient (Wildman–Crippen LogP) is 4.50. The van der Waals surface area contributed by atoms with Crippen LogP contribution >= 0.6 is 0 Å². The Morgan fingerprint density at radius 2 is 1.76 bits per heavy atom. The molecular formula is C23H36N4O2. The minimum absolute atomic E-state index is 0.220. The molecule has 1 saturated carbocycles. The first kappa shape index (κ1) is 24.8. The number of hydrogen-bond acceptors (Lipinski definition) is 5. The fourth-order valence-corrected chi connectivity index (χ4v) is 3.53. The van der Waals surface area contributed by atoms with Crippen LogP contribution in [0.5, 0.6) is 0 Å². The molecule has 2 heterocycles. The van der Waals surface area contributed by atoms with Crippen LogP contribution in [0.4, 0.5) is 0 Å². The number of nitriles is 1. The fourth-order valence-electron chi connectivity index (χ4n) is 3.53. The maximum absolute atomic E-state index is 11.2. The van der Waals surface area contributed by atoms with Crippen molar-refractivity contribution in [2.45, 2.75) is 65.8 Å². The van der Waals surface area contributed by atoms with Crippen molar-refractivity contribution < 1.29 is 4.74 Å². The van der Waals surface area contributed by atoms with E-state index in [-0.39, 0.29) is 5.56 Å². The SMILES string of the molecule is C1CCC(N2CCOCC2)CC1.CC.CC.N#Cc1ccc2nc[nH]c(=O)c2c1. The number of morpholine rings is 1. The number of rotatable bonds is 1. The number of nitrogens with one attached hydrogen (secondary N) is 1. The zero-order chi connectivity index (χ0) is 21.5. The molecule has 1 aromatic heterocycles. The number of hydrogen-bond donors (Lipinski definition) is 1. The highest BCUT2D eigenvalue weighted by Crippen LogP contribution is 2.22. The molecular weight excluding hydrogens is 364 g/mol. The van der Waals surface area contributed by atoms with Crippen LogP contribution in [0.15, 0.2) is 29.3 Å². The maximum atomic E-state index is 11.2. The molecule has 0 bridgehead atoms. The van der Waals surface area contributed by atoms with E-state index < -0.39 is 0 Å². The smallest absolute Gasteiger partial charge is 0.258 e. The molecule has 1 aliphatic carbocycles. The van der Waals surface area contributed by atoms with E-state index >= 15 is 0 Å². The van der Waals surface area contributed by atoms with Crippen LogP contribution in [0.25, 0.3) is 10.9 Å². The van der Waals surface area contributed by atoms with E-state index in [0.717, 1.165) is 19.3 Å². The van der Waals surface area contributed by atoms with Crippen molar-refractivity contribution in [1.29, 1.82) is 5.26 Å². The van der Waals surface area contributed by atoms with Gasteiger partial charge in [0.1, 0.15) is 0 Å². The second kappa shape index (κ2) is 14.7. The maximum Gasteiger partial charge on any atom is 0.258 e. The van der Waals surface area contributed by atoms with Crippen molar-refractivity contribution in [3.05, 3.63) is 40.4 Å². The van der Waals surface area contributed by atoms with Gasteiger partial charge in [0.05, 0.1) is 42.1 Å². The first-order valence-corrected chi connectivity index (χ1v) is 11.0. The van der Waals surface area contributed by atoms with E-state index in [4.69, 9.17) is 10.00 Å². The van der Waals surface area contributed by atoms with Crippen molar-refractivity contribution in [3.63, 3.8) is 0 Å². The quantitative estimate of drug-likeness (QED) is 0.762. The third kappa shape index (κ3) is 7.96. The molecule has 2 aliphatic rings. The van der Waals surface area contributed by atoms with Crippen molar-refractivity contribution in [1.82, 2.24) is 14.9 Å². The van der Waals surface area contributed by atoms with Crippen LogP contribution in [0.3, 0.4) is 0 Å². The van der Waals surface area contributed by atoms with E-state index in [9.17, 15) is 4.79 Å². The summed E-state index contributed by atoms with van der Waals surface area (Å²) in [4.78, 5) is 20.3. The first-order chi connectivity index (χ1) is 14.3. The number of nitrogens with zero attached hydrogens (tertiary/aromatic N) is 3. The monoisotopic (exact) mass is 400 g/mol. The summed E-state index contributed by atoms with van der Waals surface area (Å²) in [5.41, 5.74) is 0.843. The number of fused-ring (bicyclic) bond motifs is 1. The van der Waals surface area contributed by atoms with E-state index in [0.29, 0.717) is 16.5 Å². The summed E-state index contributed by atoms with van der Waals surface area (Å²) in [6.45, 7) is 12.3. The molecule has 160 valence electrons. The van der Waals surface area contributed by atoms with Gasteiger partial charge in [-0.25, -0.2) is 4.98 Å². The molecule has 1 N–H and O–H groups in total. The van der Waals surface area contributed by atoms with E-state index in [1.807, 2.05) is 33.8 Å². The molecule has 6 nitrogen and oxygen atoms in total. The van der Waals surface area contributed by atoms with Gasteiger partial charge >= 0.3 is 0 Å². The Morgan fingerprint density at radius 1 is 1.10 bits per heavy atom. The normalized spacial score (nSPS) is 16.8. The minimum atomic E-state index is -0.220. The van der Waals surface area contributed by atoms with Crippen LogP contribution in [0.1, 0.15) is 65.4 Å². The van der Waals surface area contributed by atoms with E-state index in [1.165, 1.54) is 57.6 Å². The standard InChI is InChI=1S/C10H19NO.C9H5N3O.2C2H6/c1-2-4-10(5-3-1)11-6-8-12-9-7-11;10-4-6-1-2-8-7(3-6)9(13)12-5-11-8;2*1-2/h10H,1-9H2;1-3,5H,(H,11,12,13);2*1-2H3. The van der Waals surface area contributed by atoms with Gasteiger partial charge < -0.3 is 9.72 Å². The molecule has 2 fully saturated rings.